The van der Waals surface area contributed by atoms with Crippen molar-refractivity contribution in [1.82, 2.24) is 9.78 Å². The number of carboxylic acid groups (broad SMARTS) is 1. The third-order valence-electron chi connectivity index (χ3n) is 4.98. The molecule has 0 amide bonds. The van der Waals surface area contributed by atoms with E-state index < -0.39 is 24.3 Å². The van der Waals surface area contributed by atoms with Gasteiger partial charge in [0, 0.05) is 16.0 Å². The number of fused-ring (bicyclic) bond motifs is 1. The standard InChI is InChI=1S/C24H19F3N2O3S/c1-15-12-18(10-11-22(15)32-13-23(30)31)33-14-20-19-4-2-3-5-21(19)29(28-20)17-8-6-16(7-9-17)24(25,26)27/h2-12H,13-14H2,1H3,(H,30,31). The molecule has 0 bridgehead atoms. The second kappa shape index (κ2) is 9.19. The van der Waals surface area contributed by atoms with E-state index >= 15 is 0 Å². The van der Waals surface area contributed by atoms with E-state index in [1.165, 1.54) is 12.1 Å². The minimum Gasteiger partial charge on any atom is -0.482 e. The molecule has 1 N–H and O–H groups in total. The number of para-hydroxylation sites is 1. The van der Waals surface area contributed by atoms with Crippen LogP contribution in [0.15, 0.2) is 71.6 Å². The van der Waals surface area contributed by atoms with Gasteiger partial charge in [0.05, 0.1) is 22.5 Å². The summed E-state index contributed by atoms with van der Waals surface area (Å²) in [5.74, 6) is 0.0188. The van der Waals surface area contributed by atoms with E-state index in [1.807, 2.05) is 43.3 Å². The molecule has 9 heteroatoms. The number of aliphatic carboxylic acids is 1. The van der Waals surface area contributed by atoms with Crippen molar-refractivity contribution < 1.29 is 27.8 Å². The molecule has 1 aromatic heterocycles. The minimum atomic E-state index is -4.39. The number of benzene rings is 3. The minimum absolute atomic E-state index is 0.402. The lowest BCUT2D eigenvalue weighted by atomic mass is 10.2. The van der Waals surface area contributed by atoms with Crippen LogP contribution in [0.2, 0.25) is 0 Å². The lowest BCUT2D eigenvalue weighted by Gasteiger charge is -2.09. The Hall–Kier alpha value is -3.46. The molecule has 0 unspecified atom stereocenters. The van der Waals surface area contributed by atoms with Crippen molar-refractivity contribution in [2.24, 2.45) is 0 Å². The van der Waals surface area contributed by atoms with Crippen molar-refractivity contribution in [2.75, 3.05) is 6.61 Å². The molecule has 0 saturated carbocycles. The number of carboxylic acids is 1. The number of ether oxygens (including phenoxy) is 1. The Kier molecular flexibility index (Phi) is 6.33. The van der Waals surface area contributed by atoms with Gasteiger partial charge in [-0.1, -0.05) is 18.2 Å². The molecule has 5 nitrogen and oxygen atoms in total. The number of alkyl halides is 3. The van der Waals surface area contributed by atoms with Gasteiger partial charge in [0.15, 0.2) is 6.61 Å². The Morgan fingerprint density at radius 3 is 2.48 bits per heavy atom. The van der Waals surface area contributed by atoms with Crippen molar-refractivity contribution in [3.63, 3.8) is 0 Å². The predicted molar refractivity (Wildman–Crippen MR) is 120 cm³/mol. The lowest BCUT2D eigenvalue weighted by molar-refractivity contribution is -0.139. The molecule has 0 aliphatic heterocycles. The smallest absolute Gasteiger partial charge is 0.416 e. The molecule has 0 spiro atoms. The van der Waals surface area contributed by atoms with Gasteiger partial charge in [-0.05, 0) is 61.0 Å². The van der Waals surface area contributed by atoms with Crippen LogP contribution in [0.1, 0.15) is 16.8 Å². The van der Waals surface area contributed by atoms with E-state index in [9.17, 15) is 18.0 Å². The van der Waals surface area contributed by atoms with Crippen LogP contribution < -0.4 is 4.74 Å². The summed E-state index contributed by atoms with van der Waals surface area (Å²) in [6.07, 6.45) is -4.39. The van der Waals surface area contributed by atoms with Gasteiger partial charge in [-0.15, -0.1) is 11.8 Å². The molecule has 0 saturated heterocycles. The third-order valence-corrected chi connectivity index (χ3v) is 5.98. The summed E-state index contributed by atoms with van der Waals surface area (Å²) >= 11 is 1.55. The number of carbonyl (C=O) groups is 1. The summed E-state index contributed by atoms with van der Waals surface area (Å²) in [5, 5.41) is 14.4. The van der Waals surface area contributed by atoms with Gasteiger partial charge in [-0.2, -0.15) is 18.3 Å². The van der Waals surface area contributed by atoms with Crippen LogP contribution >= 0.6 is 11.8 Å². The number of halogens is 3. The van der Waals surface area contributed by atoms with Gasteiger partial charge in [0.1, 0.15) is 5.75 Å². The van der Waals surface area contributed by atoms with Gasteiger partial charge in [-0.3, -0.25) is 0 Å². The first-order valence-corrected chi connectivity index (χ1v) is 10.9. The van der Waals surface area contributed by atoms with Gasteiger partial charge in [-0.25, -0.2) is 9.48 Å². The molecule has 3 aromatic carbocycles. The fourth-order valence-electron chi connectivity index (χ4n) is 3.39. The third kappa shape index (κ3) is 5.14. The highest BCUT2D eigenvalue weighted by molar-refractivity contribution is 7.98. The van der Waals surface area contributed by atoms with E-state index in [1.54, 1.807) is 22.5 Å². The van der Waals surface area contributed by atoms with Crippen molar-refractivity contribution in [1.29, 1.82) is 0 Å². The summed E-state index contributed by atoms with van der Waals surface area (Å²) in [6.45, 7) is 1.44. The zero-order valence-electron chi connectivity index (χ0n) is 17.5. The Morgan fingerprint density at radius 2 is 1.82 bits per heavy atom. The number of aromatic nitrogens is 2. The van der Waals surface area contributed by atoms with Gasteiger partial charge in [0.2, 0.25) is 0 Å². The number of aryl methyl sites for hydroxylation is 1. The van der Waals surface area contributed by atoms with Crippen LogP contribution in [0.4, 0.5) is 13.2 Å². The number of hydrogen-bond acceptors (Lipinski definition) is 4. The first-order valence-electron chi connectivity index (χ1n) is 9.94. The van der Waals surface area contributed by atoms with Gasteiger partial charge in [0.25, 0.3) is 0 Å². The molecule has 0 atom stereocenters. The molecule has 0 aliphatic carbocycles. The van der Waals surface area contributed by atoms with Crippen LogP contribution in [-0.2, 0) is 16.7 Å². The highest BCUT2D eigenvalue weighted by Gasteiger charge is 2.30. The number of nitrogens with zero attached hydrogens (tertiary/aromatic N) is 2. The van der Waals surface area contributed by atoms with E-state index in [4.69, 9.17) is 9.84 Å². The summed E-state index contributed by atoms with van der Waals surface area (Å²) in [5.41, 5.74) is 2.28. The van der Waals surface area contributed by atoms with Gasteiger partial charge >= 0.3 is 12.1 Å². The fourth-order valence-corrected chi connectivity index (χ4v) is 4.33. The Bertz CT molecular complexity index is 1300. The van der Waals surface area contributed by atoms with E-state index in [0.29, 0.717) is 17.2 Å². The van der Waals surface area contributed by atoms with Crippen LogP contribution in [-0.4, -0.2) is 27.5 Å². The topological polar surface area (TPSA) is 64.4 Å². The first kappa shape index (κ1) is 22.7. The van der Waals surface area contributed by atoms with E-state index in [-0.39, 0.29) is 0 Å². The highest BCUT2D eigenvalue weighted by Crippen LogP contribution is 2.32. The van der Waals surface area contributed by atoms with Gasteiger partial charge < -0.3 is 9.84 Å². The summed E-state index contributed by atoms with van der Waals surface area (Å²) in [4.78, 5) is 11.7. The Labute approximate surface area is 191 Å². The maximum absolute atomic E-state index is 12.9. The molecule has 170 valence electrons. The van der Waals surface area contributed by atoms with E-state index in [0.717, 1.165) is 39.2 Å². The van der Waals surface area contributed by atoms with Crippen molar-refractivity contribution >= 4 is 28.6 Å². The summed E-state index contributed by atoms with van der Waals surface area (Å²) in [7, 11) is 0. The van der Waals surface area contributed by atoms with Crippen LogP contribution in [0.3, 0.4) is 0 Å². The summed E-state index contributed by atoms with van der Waals surface area (Å²) < 4.78 is 45.7. The van der Waals surface area contributed by atoms with Crippen molar-refractivity contribution in [3.8, 4) is 11.4 Å². The zero-order valence-corrected chi connectivity index (χ0v) is 18.3. The number of hydrogen-bond donors (Lipinski definition) is 1. The monoisotopic (exact) mass is 472 g/mol. The molecule has 4 aromatic rings. The lowest BCUT2D eigenvalue weighted by Crippen LogP contribution is -2.09. The van der Waals surface area contributed by atoms with Crippen LogP contribution in [0, 0.1) is 6.92 Å². The molecule has 33 heavy (non-hydrogen) atoms. The molecule has 1 heterocycles. The molecule has 0 radical (unpaired) electrons. The fraction of sp³-hybridized carbons (Fsp3) is 0.167. The largest absolute Gasteiger partial charge is 0.482 e. The highest BCUT2D eigenvalue weighted by atomic mass is 32.2. The zero-order chi connectivity index (χ0) is 23.6. The normalized spacial score (nSPS) is 11.6. The van der Waals surface area contributed by atoms with Crippen molar-refractivity contribution in [3.05, 3.63) is 83.6 Å². The van der Waals surface area contributed by atoms with E-state index in [2.05, 4.69) is 5.10 Å². The van der Waals surface area contributed by atoms with Crippen LogP contribution in [0.25, 0.3) is 16.6 Å². The second-order valence-corrected chi connectivity index (χ2v) is 8.37. The molecule has 0 fully saturated rings. The Balaban J connectivity index is 1.57. The number of thioether (sulfide) groups is 1. The average Bonchev–Trinajstić information content (AvgIpc) is 3.15. The quantitative estimate of drug-likeness (QED) is 0.329. The van der Waals surface area contributed by atoms with Crippen LogP contribution in [0.5, 0.6) is 5.75 Å². The first-order chi connectivity index (χ1) is 15.7. The average molecular weight is 472 g/mol. The number of rotatable bonds is 7. The second-order valence-electron chi connectivity index (χ2n) is 7.32. The Morgan fingerprint density at radius 1 is 1.09 bits per heavy atom. The maximum atomic E-state index is 12.9. The predicted octanol–water partition coefficient (Wildman–Crippen LogP) is 6.11. The molecule has 0 aliphatic rings. The molecular weight excluding hydrogens is 453 g/mol. The maximum Gasteiger partial charge on any atom is 0.416 e. The molecule has 4 rings (SSSR count). The van der Waals surface area contributed by atoms with Crippen molar-refractivity contribution in [2.45, 2.75) is 23.7 Å². The SMILES string of the molecule is Cc1cc(SCc2nn(-c3ccc(C(F)(F)F)cc3)c3ccccc23)ccc1OCC(=O)O. The summed E-state index contributed by atoms with van der Waals surface area (Å²) in [6, 6.07) is 18.0. The molecular formula is C24H19F3N2O3S.